The highest BCUT2D eigenvalue weighted by Gasteiger charge is 2.22. The molecule has 19 heavy (non-hydrogen) atoms. The Balaban J connectivity index is 2.87. The maximum Gasteiger partial charge on any atom is 0.142 e. The van der Waals surface area contributed by atoms with Crippen LogP contribution in [0, 0.1) is 0 Å². The van der Waals surface area contributed by atoms with Crippen molar-refractivity contribution in [3.63, 3.8) is 0 Å². The first-order valence-electron chi connectivity index (χ1n) is 4.85. The third-order valence-electron chi connectivity index (χ3n) is 2.47. The monoisotopic (exact) mass is 374 g/mol. The molecule has 2 aromatic rings. The van der Waals surface area contributed by atoms with Gasteiger partial charge in [0.1, 0.15) is 5.75 Å². The zero-order valence-electron chi connectivity index (χ0n) is 8.95. The Morgan fingerprint density at radius 2 is 1.16 bits per heavy atom. The van der Waals surface area contributed by atoms with Crippen LogP contribution in [0.2, 0.25) is 30.1 Å². The van der Waals surface area contributed by atoms with Crippen LogP contribution in [0.15, 0.2) is 18.2 Å². The lowest BCUT2D eigenvalue weighted by molar-refractivity contribution is 0.477. The lowest BCUT2D eigenvalue weighted by Gasteiger charge is -2.14. The van der Waals surface area contributed by atoms with Crippen LogP contribution in [0.25, 0.3) is 11.1 Å². The molecule has 0 saturated carbocycles. The van der Waals surface area contributed by atoms with Crippen LogP contribution in [0.4, 0.5) is 0 Å². The summed E-state index contributed by atoms with van der Waals surface area (Å²) < 4.78 is 0. The predicted octanol–water partition coefficient (Wildman–Crippen LogP) is 6.98. The molecule has 7 heteroatoms. The Morgan fingerprint density at radius 3 is 1.68 bits per heavy atom. The minimum atomic E-state index is -0.164. The summed E-state index contributed by atoms with van der Waals surface area (Å²) in [6, 6.07) is 4.76. The van der Waals surface area contributed by atoms with Gasteiger partial charge in [-0.25, -0.2) is 0 Å². The largest absolute Gasteiger partial charge is 0.506 e. The average molecular weight is 377 g/mol. The van der Waals surface area contributed by atoms with Crippen LogP contribution in [0.5, 0.6) is 5.75 Å². The van der Waals surface area contributed by atoms with Crippen LogP contribution in [-0.4, -0.2) is 5.11 Å². The fourth-order valence-corrected chi connectivity index (χ4v) is 3.07. The van der Waals surface area contributed by atoms with Crippen molar-refractivity contribution in [2.24, 2.45) is 0 Å². The third kappa shape index (κ3) is 2.61. The smallest absolute Gasteiger partial charge is 0.142 e. The van der Waals surface area contributed by atoms with Gasteiger partial charge < -0.3 is 5.11 Å². The first kappa shape index (κ1) is 15.4. The molecule has 0 aromatic heterocycles. The van der Waals surface area contributed by atoms with E-state index in [1.165, 1.54) is 6.07 Å². The highest BCUT2D eigenvalue weighted by Crippen LogP contribution is 2.50. The molecule has 0 atom stereocenters. The fourth-order valence-electron chi connectivity index (χ4n) is 1.56. The molecular formula is C12H4Cl6O. The van der Waals surface area contributed by atoms with Gasteiger partial charge in [0.05, 0.1) is 30.1 Å². The molecule has 0 fully saturated rings. The zero-order valence-corrected chi connectivity index (χ0v) is 13.5. The number of rotatable bonds is 1. The van der Waals surface area contributed by atoms with Crippen molar-refractivity contribution in [1.29, 1.82) is 0 Å². The van der Waals surface area contributed by atoms with Gasteiger partial charge in [0.15, 0.2) is 0 Å². The number of phenols is 1. The number of phenolic OH excluding ortho intramolecular Hbond substituents is 1. The molecule has 1 N–H and O–H groups in total. The lowest BCUT2D eigenvalue weighted by atomic mass is 10.0. The Labute approximate surface area is 139 Å². The van der Waals surface area contributed by atoms with Crippen molar-refractivity contribution >= 4 is 69.6 Å². The molecule has 0 saturated heterocycles. The van der Waals surface area contributed by atoms with Crippen molar-refractivity contribution in [3.05, 3.63) is 48.3 Å². The summed E-state index contributed by atoms with van der Waals surface area (Å²) in [6.45, 7) is 0. The molecule has 0 aliphatic carbocycles. The standard InChI is InChI=1S/C12H4Cl6O/c13-5-3-1-2-4(12(5)19)6-7(14)9(16)11(18)10(17)8(6)15/h1-3,19H. The number of benzene rings is 2. The van der Waals surface area contributed by atoms with Gasteiger partial charge in [-0.3, -0.25) is 0 Å². The molecule has 2 rings (SSSR count). The zero-order chi connectivity index (χ0) is 14.3. The van der Waals surface area contributed by atoms with E-state index in [1.54, 1.807) is 12.1 Å². The molecule has 0 aliphatic rings. The van der Waals surface area contributed by atoms with Crippen LogP contribution >= 0.6 is 69.6 Å². The summed E-state index contributed by atoms with van der Waals surface area (Å²) in [7, 11) is 0. The van der Waals surface area contributed by atoms with Gasteiger partial charge in [0, 0.05) is 11.1 Å². The topological polar surface area (TPSA) is 20.2 Å². The molecule has 0 radical (unpaired) electrons. The summed E-state index contributed by atoms with van der Waals surface area (Å²) in [5.41, 5.74) is 0.603. The molecular weight excluding hydrogens is 373 g/mol. The van der Waals surface area contributed by atoms with Crippen LogP contribution < -0.4 is 0 Å². The molecule has 100 valence electrons. The second-order valence-corrected chi connectivity index (χ2v) is 5.88. The molecule has 0 amide bonds. The van der Waals surface area contributed by atoms with Gasteiger partial charge in [-0.15, -0.1) is 0 Å². The average Bonchev–Trinajstić information content (AvgIpc) is 2.39. The van der Waals surface area contributed by atoms with E-state index in [1.807, 2.05) is 0 Å². The van der Waals surface area contributed by atoms with E-state index < -0.39 is 0 Å². The van der Waals surface area contributed by atoms with Crippen molar-refractivity contribution in [2.45, 2.75) is 0 Å². The van der Waals surface area contributed by atoms with Crippen molar-refractivity contribution in [3.8, 4) is 16.9 Å². The summed E-state index contributed by atoms with van der Waals surface area (Å²) in [5.74, 6) is -0.164. The first-order chi connectivity index (χ1) is 8.86. The second kappa shape index (κ2) is 5.77. The van der Waals surface area contributed by atoms with E-state index in [-0.39, 0.29) is 41.4 Å². The van der Waals surface area contributed by atoms with E-state index in [2.05, 4.69) is 0 Å². The predicted molar refractivity (Wildman–Crippen MR) is 83.6 cm³/mol. The number of aromatic hydroxyl groups is 1. The third-order valence-corrected chi connectivity index (χ3v) is 5.05. The van der Waals surface area contributed by atoms with Crippen LogP contribution in [0.1, 0.15) is 0 Å². The summed E-state index contributed by atoms with van der Waals surface area (Å²) >= 11 is 36.0. The Morgan fingerprint density at radius 1 is 0.684 bits per heavy atom. The van der Waals surface area contributed by atoms with Gasteiger partial charge in [-0.05, 0) is 6.07 Å². The fraction of sp³-hybridized carbons (Fsp3) is 0. The van der Waals surface area contributed by atoms with Gasteiger partial charge >= 0.3 is 0 Å². The van der Waals surface area contributed by atoms with Gasteiger partial charge in [0.25, 0.3) is 0 Å². The van der Waals surface area contributed by atoms with Crippen molar-refractivity contribution in [2.75, 3.05) is 0 Å². The Bertz CT molecular complexity index is 639. The SMILES string of the molecule is Oc1c(Cl)cccc1-c1c(Cl)c(Cl)c(Cl)c(Cl)c1Cl. The summed E-state index contributed by atoms with van der Waals surface area (Å²) in [5, 5.41) is 10.5. The molecule has 0 unspecified atom stereocenters. The quantitative estimate of drug-likeness (QED) is 0.420. The highest BCUT2D eigenvalue weighted by molar-refractivity contribution is 6.56. The highest BCUT2D eigenvalue weighted by atomic mass is 35.5. The van der Waals surface area contributed by atoms with Gasteiger partial charge in [-0.2, -0.15) is 0 Å². The second-order valence-electron chi connectivity index (χ2n) is 3.58. The summed E-state index contributed by atoms with van der Waals surface area (Å²) in [6.07, 6.45) is 0. The maximum absolute atomic E-state index is 9.98. The van der Waals surface area contributed by atoms with Gasteiger partial charge in [-0.1, -0.05) is 81.7 Å². The normalized spacial score (nSPS) is 10.8. The molecule has 0 heterocycles. The lowest BCUT2D eigenvalue weighted by Crippen LogP contribution is -1.88. The van der Waals surface area contributed by atoms with Crippen molar-refractivity contribution < 1.29 is 5.11 Å². The number of hydrogen-bond donors (Lipinski definition) is 1. The van der Waals surface area contributed by atoms with Gasteiger partial charge in [0.2, 0.25) is 0 Å². The van der Waals surface area contributed by atoms with Crippen molar-refractivity contribution in [1.82, 2.24) is 0 Å². The Hall–Kier alpha value is -0.0200. The van der Waals surface area contributed by atoms with Crippen LogP contribution in [0.3, 0.4) is 0 Å². The van der Waals surface area contributed by atoms with E-state index in [9.17, 15) is 5.11 Å². The van der Waals surface area contributed by atoms with Crippen LogP contribution in [-0.2, 0) is 0 Å². The van der Waals surface area contributed by atoms with E-state index >= 15 is 0 Å². The summed E-state index contributed by atoms with van der Waals surface area (Å²) in [4.78, 5) is 0. The molecule has 1 nitrogen and oxygen atoms in total. The Kier molecular flexibility index (Phi) is 4.67. The molecule has 0 spiro atoms. The molecule has 2 aromatic carbocycles. The minimum absolute atomic E-state index is 0.0589. The molecule has 0 bridgehead atoms. The van der Waals surface area contributed by atoms with E-state index in [0.29, 0.717) is 5.56 Å². The first-order valence-corrected chi connectivity index (χ1v) is 7.12. The number of para-hydroxylation sites is 1. The minimum Gasteiger partial charge on any atom is -0.506 e. The number of halogens is 6. The maximum atomic E-state index is 9.98. The van der Waals surface area contributed by atoms with E-state index in [4.69, 9.17) is 69.6 Å². The molecule has 0 aliphatic heterocycles. The van der Waals surface area contributed by atoms with E-state index in [0.717, 1.165) is 0 Å². The number of hydrogen-bond acceptors (Lipinski definition) is 1.